The van der Waals surface area contributed by atoms with Gasteiger partial charge in [-0.15, -0.1) is 0 Å². The number of aromatic amines is 1. The van der Waals surface area contributed by atoms with Gasteiger partial charge in [-0.05, 0) is 43.4 Å². The first kappa shape index (κ1) is 13.6. The fourth-order valence-corrected chi connectivity index (χ4v) is 3.09. The molecule has 0 bridgehead atoms. The van der Waals surface area contributed by atoms with Crippen LogP contribution in [0.25, 0.3) is 11.0 Å². The van der Waals surface area contributed by atoms with E-state index in [0.717, 1.165) is 22.8 Å². The zero-order chi connectivity index (χ0) is 14.1. The van der Waals surface area contributed by atoms with Gasteiger partial charge in [0.2, 0.25) is 0 Å². The van der Waals surface area contributed by atoms with Gasteiger partial charge in [0, 0.05) is 7.11 Å². The number of fused-ring (bicyclic) bond motifs is 1. The summed E-state index contributed by atoms with van der Waals surface area (Å²) in [5, 5.41) is 0. The Labute approximate surface area is 119 Å². The highest BCUT2D eigenvalue weighted by Crippen LogP contribution is 2.35. The lowest BCUT2D eigenvalue weighted by atomic mass is 9.97. The molecule has 0 saturated heterocycles. The van der Waals surface area contributed by atoms with Crippen molar-refractivity contribution in [2.75, 3.05) is 7.11 Å². The van der Waals surface area contributed by atoms with Gasteiger partial charge < -0.3 is 15.5 Å². The molecule has 1 aliphatic rings. The van der Waals surface area contributed by atoms with Crippen LogP contribution in [-0.4, -0.2) is 23.2 Å². The van der Waals surface area contributed by atoms with Crippen molar-refractivity contribution in [2.24, 2.45) is 5.73 Å². The van der Waals surface area contributed by atoms with Gasteiger partial charge >= 0.3 is 0 Å². The van der Waals surface area contributed by atoms with E-state index < -0.39 is 0 Å². The fourth-order valence-electron chi connectivity index (χ4n) is 3.09. The van der Waals surface area contributed by atoms with Crippen LogP contribution >= 0.6 is 0 Å². The van der Waals surface area contributed by atoms with Crippen LogP contribution in [0.1, 0.15) is 56.0 Å². The smallest absolute Gasteiger partial charge is 0.126 e. The minimum Gasteiger partial charge on any atom is -0.380 e. The van der Waals surface area contributed by atoms with Crippen LogP contribution in [0.15, 0.2) is 18.2 Å². The van der Waals surface area contributed by atoms with Gasteiger partial charge in [-0.25, -0.2) is 4.98 Å². The Morgan fingerprint density at radius 2 is 2.10 bits per heavy atom. The molecule has 0 radical (unpaired) electrons. The molecule has 0 amide bonds. The number of nitrogens with two attached hydrogens (primary N) is 1. The second-order valence-corrected chi connectivity index (χ2v) is 5.85. The first-order valence-electron chi connectivity index (χ1n) is 7.47. The summed E-state index contributed by atoms with van der Waals surface area (Å²) in [6.45, 7) is 1.96. The zero-order valence-corrected chi connectivity index (χ0v) is 12.2. The summed E-state index contributed by atoms with van der Waals surface area (Å²) in [5.74, 6) is 1.52. The number of hydrogen-bond donors (Lipinski definition) is 2. The van der Waals surface area contributed by atoms with Crippen molar-refractivity contribution in [3.05, 3.63) is 29.6 Å². The molecule has 4 nitrogen and oxygen atoms in total. The molecule has 1 aromatic carbocycles. The molecule has 0 unspecified atom stereocenters. The van der Waals surface area contributed by atoms with Gasteiger partial charge in [0.1, 0.15) is 5.82 Å². The normalized spacial score (nSPS) is 19.6. The molecule has 2 aromatic rings. The summed E-state index contributed by atoms with van der Waals surface area (Å²) in [5.41, 5.74) is 9.66. The number of benzene rings is 1. The lowest BCUT2D eigenvalue weighted by Crippen LogP contribution is -2.26. The molecule has 4 heteroatoms. The average Bonchev–Trinajstić information content (AvgIpc) is 3.13. The molecule has 108 valence electrons. The minimum absolute atomic E-state index is 0.0511. The minimum atomic E-state index is -0.220. The monoisotopic (exact) mass is 273 g/mol. The predicted octanol–water partition coefficient (Wildman–Crippen LogP) is 3.26. The van der Waals surface area contributed by atoms with E-state index >= 15 is 0 Å². The number of ether oxygens (including phenoxy) is 1. The van der Waals surface area contributed by atoms with Gasteiger partial charge in [0.15, 0.2) is 0 Å². The quantitative estimate of drug-likeness (QED) is 0.898. The summed E-state index contributed by atoms with van der Waals surface area (Å²) >= 11 is 0. The second kappa shape index (κ2) is 5.54. The van der Waals surface area contributed by atoms with Crippen LogP contribution in [0.4, 0.5) is 0 Å². The van der Waals surface area contributed by atoms with Crippen LogP contribution < -0.4 is 5.73 Å². The molecular weight excluding hydrogens is 250 g/mol. The summed E-state index contributed by atoms with van der Waals surface area (Å²) in [4.78, 5) is 7.95. The molecule has 20 heavy (non-hydrogen) atoms. The number of methoxy groups -OCH3 is 1. The van der Waals surface area contributed by atoms with Crippen molar-refractivity contribution in [1.82, 2.24) is 9.97 Å². The molecular formula is C16H23N3O. The molecule has 1 heterocycles. The lowest BCUT2D eigenvalue weighted by molar-refractivity contribution is 0.0935. The lowest BCUT2D eigenvalue weighted by Gasteiger charge is -2.15. The van der Waals surface area contributed by atoms with E-state index in [1.807, 2.05) is 6.92 Å². The molecule has 3 rings (SSSR count). The topological polar surface area (TPSA) is 63.9 Å². The molecule has 0 spiro atoms. The number of H-pyrrole nitrogens is 1. The Balaban J connectivity index is 1.90. The third-order valence-electron chi connectivity index (χ3n) is 4.54. The number of nitrogens with zero attached hydrogens (tertiary/aromatic N) is 1. The van der Waals surface area contributed by atoms with E-state index in [9.17, 15) is 0 Å². The summed E-state index contributed by atoms with van der Waals surface area (Å²) < 4.78 is 5.28. The Bertz CT molecular complexity index is 586. The van der Waals surface area contributed by atoms with Gasteiger partial charge in [-0.1, -0.05) is 18.9 Å². The maximum absolute atomic E-state index is 6.15. The first-order chi connectivity index (χ1) is 9.69. The highest BCUT2D eigenvalue weighted by molar-refractivity contribution is 5.76. The van der Waals surface area contributed by atoms with Crippen LogP contribution in [0.3, 0.4) is 0 Å². The third-order valence-corrected chi connectivity index (χ3v) is 4.54. The maximum atomic E-state index is 6.15. The molecule has 1 saturated carbocycles. The Morgan fingerprint density at radius 1 is 1.35 bits per heavy atom. The zero-order valence-electron chi connectivity index (χ0n) is 12.2. The number of imidazole rings is 1. The van der Waals surface area contributed by atoms with Crippen molar-refractivity contribution in [1.29, 1.82) is 0 Å². The Morgan fingerprint density at radius 3 is 2.80 bits per heavy atom. The van der Waals surface area contributed by atoms with Crippen molar-refractivity contribution >= 4 is 11.0 Å². The standard InChI is InChI=1S/C16H23N3O/c1-10(20-2)15(17)16-18-13-8-7-12(9-14(13)19-16)11-5-3-4-6-11/h7-11,15H,3-6,17H2,1-2H3,(H,18,19)/t10-,15+/m1/s1. The predicted molar refractivity (Wildman–Crippen MR) is 80.7 cm³/mol. The van der Waals surface area contributed by atoms with Gasteiger partial charge in [0.25, 0.3) is 0 Å². The first-order valence-corrected chi connectivity index (χ1v) is 7.47. The van der Waals surface area contributed by atoms with E-state index in [1.54, 1.807) is 7.11 Å². The summed E-state index contributed by atoms with van der Waals surface area (Å²) in [7, 11) is 1.67. The average molecular weight is 273 g/mol. The molecule has 3 N–H and O–H groups in total. The van der Waals surface area contributed by atoms with E-state index in [2.05, 4.69) is 28.2 Å². The summed E-state index contributed by atoms with van der Waals surface area (Å²) in [6.07, 6.45) is 5.28. The second-order valence-electron chi connectivity index (χ2n) is 5.85. The Kier molecular flexibility index (Phi) is 3.76. The van der Waals surface area contributed by atoms with E-state index in [0.29, 0.717) is 0 Å². The van der Waals surface area contributed by atoms with E-state index in [1.165, 1.54) is 31.2 Å². The number of aromatic nitrogens is 2. The van der Waals surface area contributed by atoms with Crippen LogP contribution in [0.2, 0.25) is 0 Å². The van der Waals surface area contributed by atoms with Crippen molar-refractivity contribution in [2.45, 2.75) is 50.7 Å². The molecule has 1 aliphatic carbocycles. The molecule has 1 aromatic heterocycles. The van der Waals surface area contributed by atoms with E-state index in [-0.39, 0.29) is 12.1 Å². The molecule has 2 atom stereocenters. The summed E-state index contributed by atoms with van der Waals surface area (Å²) in [6, 6.07) is 6.34. The van der Waals surface area contributed by atoms with Crippen LogP contribution in [-0.2, 0) is 4.74 Å². The highest BCUT2D eigenvalue weighted by atomic mass is 16.5. The Hall–Kier alpha value is -1.39. The van der Waals surface area contributed by atoms with Crippen molar-refractivity contribution in [3.63, 3.8) is 0 Å². The van der Waals surface area contributed by atoms with Crippen LogP contribution in [0.5, 0.6) is 0 Å². The number of nitrogens with one attached hydrogen (secondary N) is 1. The molecule has 1 fully saturated rings. The highest BCUT2D eigenvalue weighted by Gasteiger charge is 2.20. The fraction of sp³-hybridized carbons (Fsp3) is 0.562. The van der Waals surface area contributed by atoms with Gasteiger partial charge in [0.05, 0.1) is 23.2 Å². The van der Waals surface area contributed by atoms with Crippen molar-refractivity contribution < 1.29 is 4.74 Å². The third kappa shape index (κ3) is 2.45. The van der Waals surface area contributed by atoms with Crippen molar-refractivity contribution in [3.8, 4) is 0 Å². The van der Waals surface area contributed by atoms with Gasteiger partial charge in [-0.3, -0.25) is 0 Å². The number of hydrogen-bond acceptors (Lipinski definition) is 3. The maximum Gasteiger partial charge on any atom is 0.126 e. The van der Waals surface area contributed by atoms with E-state index in [4.69, 9.17) is 10.5 Å². The van der Waals surface area contributed by atoms with Crippen LogP contribution in [0, 0.1) is 0 Å². The van der Waals surface area contributed by atoms with Gasteiger partial charge in [-0.2, -0.15) is 0 Å². The largest absolute Gasteiger partial charge is 0.380 e. The molecule has 0 aliphatic heterocycles. The SMILES string of the molecule is CO[C@H](C)[C@H](N)c1nc2ccc(C3CCCC3)cc2[nH]1. The number of rotatable bonds is 4.